The number of hydrogen-bond acceptors (Lipinski definition) is 2. The van der Waals surface area contributed by atoms with Crippen LogP contribution < -0.4 is 5.32 Å². The maximum absolute atomic E-state index is 5.48. The molecule has 1 N–H and O–H groups in total. The van der Waals surface area contributed by atoms with Crippen LogP contribution >= 0.6 is 0 Å². The molecule has 1 aliphatic heterocycles. The highest BCUT2D eigenvalue weighted by Crippen LogP contribution is 2.40. The predicted octanol–water partition coefficient (Wildman–Crippen LogP) is 3.75. The van der Waals surface area contributed by atoms with Crippen LogP contribution in [-0.4, -0.2) is 25.3 Å². The fourth-order valence-electron chi connectivity index (χ4n) is 4.75. The van der Waals surface area contributed by atoms with E-state index in [0.717, 1.165) is 37.0 Å². The number of fused-ring (bicyclic) bond motifs is 1. The molecule has 2 saturated carbocycles. The Kier molecular flexibility index (Phi) is 4.81. The van der Waals surface area contributed by atoms with Crippen molar-refractivity contribution in [2.45, 2.75) is 76.8 Å². The van der Waals surface area contributed by atoms with Crippen LogP contribution in [0.2, 0.25) is 0 Å². The van der Waals surface area contributed by atoms with Crippen LogP contribution in [0.4, 0.5) is 0 Å². The molecule has 19 heavy (non-hydrogen) atoms. The lowest BCUT2D eigenvalue weighted by molar-refractivity contribution is 0.0507. The van der Waals surface area contributed by atoms with Gasteiger partial charge in [0, 0.05) is 25.3 Å². The summed E-state index contributed by atoms with van der Waals surface area (Å²) in [4.78, 5) is 0. The van der Waals surface area contributed by atoms with Gasteiger partial charge in [0.15, 0.2) is 0 Å². The zero-order valence-corrected chi connectivity index (χ0v) is 12.6. The number of nitrogens with one attached hydrogen (secondary N) is 1. The average molecular weight is 265 g/mol. The Morgan fingerprint density at radius 1 is 0.895 bits per heavy atom. The van der Waals surface area contributed by atoms with Gasteiger partial charge in [-0.25, -0.2) is 0 Å². The molecule has 110 valence electrons. The van der Waals surface area contributed by atoms with E-state index in [1.165, 1.54) is 57.8 Å². The predicted molar refractivity (Wildman–Crippen MR) is 79.2 cm³/mol. The van der Waals surface area contributed by atoms with Crippen molar-refractivity contribution in [3.63, 3.8) is 0 Å². The molecule has 3 aliphatic rings. The molecule has 0 bridgehead atoms. The smallest absolute Gasteiger partial charge is 0.0469 e. The van der Waals surface area contributed by atoms with Crippen LogP contribution in [0.1, 0.15) is 64.7 Å². The maximum Gasteiger partial charge on any atom is 0.0469 e. The van der Waals surface area contributed by atoms with E-state index in [4.69, 9.17) is 4.74 Å². The molecule has 1 heterocycles. The van der Waals surface area contributed by atoms with Gasteiger partial charge in [0.25, 0.3) is 0 Å². The Morgan fingerprint density at radius 3 is 2.42 bits per heavy atom. The Labute approximate surface area is 118 Å². The highest BCUT2D eigenvalue weighted by atomic mass is 16.5. The second-order valence-corrected chi connectivity index (χ2v) is 7.22. The summed E-state index contributed by atoms with van der Waals surface area (Å²) in [7, 11) is 0. The van der Waals surface area contributed by atoms with Gasteiger partial charge in [-0.2, -0.15) is 0 Å². The summed E-state index contributed by atoms with van der Waals surface area (Å²) < 4.78 is 5.48. The fourth-order valence-corrected chi connectivity index (χ4v) is 4.75. The molecule has 2 heteroatoms. The second-order valence-electron chi connectivity index (χ2n) is 7.22. The first-order valence-corrected chi connectivity index (χ1v) is 8.66. The largest absolute Gasteiger partial charge is 0.381 e. The summed E-state index contributed by atoms with van der Waals surface area (Å²) in [5.74, 6) is 2.96. The van der Waals surface area contributed by atoms with Gasteiger partial charge in [-0.3, -0.25) is 0 Å². The number of ether oxygens (including phenoxy) is 1. The van der Waals surface area contributed by atoms with Crippen molar-refractivity contribution in [1.82, 2.24) is 5.32 Å². The first-order valence-electron chi connectivity index (χ1n) is 8.66. The van der Waals surface area contributed by atoms with Gasteiger partial charge in [-0.1, -0.05) is 25.7 Å². The van der Waals surface area contributed by atoms with E-state index in [1.54, 1.807) is 0 Å². The van der Waals surface area contributed by atoms with E-state index in [2.05, 4.69) is 12.2 Å². The van der Waals surface area contributed by atoms with E-state index >= 15 is 0 Å². The SMILES string of the molecule is CC(NC1CCC2CCCCC2C1)C1CCOCC1. The van der Waals surface area contributed by atoms with Gasteiger partial charge in [0.05, 0.1) is 0 Å². The molecule has 2 aliphatic carbocycles. The van der Waals surface area contributed by atoms with Crippen LogP contribution in [0.15, 0.2) is 0 Å². The van der Waals surface area contributed by atoms with E-state index in [0.29, 0.717) is 6.04 Å². The molecule has 0 aromatic heterocycles. The maximum atomic E-state index is 5.48. The monoisotopic (exact) mass is 265 g/mol. The van der Waals surface area contributed by atoms with Crippen molar-refractivity contribution >= 4 is 0 Å². The van der Waals surface area contributed by atoms with Crippen molar-refractivity contribution in [3.05, 3.63) is 0 Å². The fraction of sp³-hybridized carbons (Fsp3) is 1.00. The molecule has 0 aromatic carbocycles. The van der Waals surface area contributed by atoms with E-state index in [9.17, 15) is 0 Å². The van der Waals surface area contributed by atoms with Gasteiger partial charge < -0.3 is 10.1 Å². The van der Waals surface area contributed by atoms with Crippen molar-refractivity contribution < 1.29 is 4.74 Å². The van der Waals surface area contributed by atoms with Gasteiger partial charge in [-0.15, -0.1) is 0 Å². The average Bonchev–Trinajstić information content (AvgIpc) is 2.48. The normalized spacial score (nSPS) is 38.7. The van der Waals surface area contributed by atoms with Crippen LogP contribution in [0, 0.1) is 17.8 Å². The van der Waals surface area contributed by atoms with Gasteiger partial charge in [-0.05, 0) is 56.8 Å². The Balaban J connectivity index is 1.47. The molecule has 4 unspecified atom stereocenters. The summed E-state index contributed by atoms with van der Waals surface area (Å²) in [5, 5.41) is 3.97. The lowest BCUT2D eigenvalue weighted by atomic mass is 9.69. The standard InChI is InChI=1S/C17H31NO/c1-13(14-8-10-19-11-9-14)18-17-7-6-15-4-2-3-5-16(15)12-17/h13-18H,2-12H2,1H3. The van der Waals surface area contributed by atoms with Crippen LogP contribution in [-0.2, 0) is 4.74 Å². The third kappa shape index (κ3) is 3.52. The lowest BCUT2D eigenvalue weighted by Gasteiger charge is -2.41. The summed E-state index contributed by atoms with van der Waals surface area (Å²) in [6.07, 6.45) is 12.9. The Bertz CT molecular complexity index is 274. The van der Waals surface area contributed by atoms with Crippen LogP contribution in [0.5, 0.6) is 0 Å². The van der Waals surface area contributed by atoms with Gasteiger partial charge in [0.2, 0.25) is 0 Å². The van der Waals surface area contributed by atoms with Gasteiger partial charge >= 0.3 is 0 Å². The minimum atomic E-state index is 0.689. The molecule has 0 aromatic rings. The van der Waals surface area contributed by atoms with E-state index in [-0.39, 0.29) is 0 Å². The summed E-state index contributed by atoms with van der Waals surface area (Å²) in [6.45, 7) is 4.36. The van der Waals surface area contributed by atoms with Crippen molar-refractivity contribution in [3.8, 4) is 0 Å². The molecule has 0 radical (unpaired) electrons. The minimum absolute atomic E-state index is 0.689. The lowest BCUT2D eigenvalue weighted by Crippen LogP contribution is -2.46. The molecule has 3 rings (SSSR count). The highest BCUT2D eigenvalue weighted by Gasteiger charge is 2.33. The summed E-state index contributed by atoms with van der Waals surface area (Å²) in [6, 6.07) is 1.49. The summed E-state index contributed by atoms with van der Waals surface area (Å²) in [5.41, 5.74) is 0. The first-order chi connectivity index (χ1) is 9.33. The third-order valence-electron chi connectivity index (χ3n) is 6.01. The molecule has 1 saturated heterocycles. The van der Waals surface area contributed by atoms with Crippen molar-refractivity contribution in [2.75, 3.05) is 13.2 Å². The second kappa shape index (κ2) is 6.58. The van der Waals surface area contributed by atoms with E-state index in [1.807, 2.05) is 0 Å². The topological polar surface area (TPSA) is 21.3 Å². The van der Waals surface area contributed by atoms with E-state index < -0.39 is 0 Å². The third-order valence-corrected chi connectivity index (χ3v) is 6.01. The first kappa shape index (κ1) is 13.9. The zero-order chi connectivity index (χ0) is 13.1. The Hall–Kier alpha value is -0.0800. The van der Waals surface area contributed by atoms with Crippen LogP contribution in [0.25, 0.3) is 0 Å². The van der Waals surface area contributed by atoms with Crippen molar-refractivity contribution in [1.29, 1.82) is 0 Å². The molecular formula is C17H31NO. The summed E-state index contributed by atoms with van der Waals surface area (Å²) >= 11 is 0. The molecule has 3 fully saturated rings. The Morgan fingerprint density at radius 2 is 1.63 bits per heavy atom. The molecular weight excluding hydrogens is 234 g/mol. The molecule has 4 atom stereocenters. The number of rotatable bonds is 3. The minimum Gasteiger partial charge on any atom is -0.381 e. The van der Waals surface area contributed by atoms with Crippen molar-refractivity contribution in [2.24, 2.45) is 17.8 Å². The highest BCUT2D eigenvalue weighted by molar-refractivity contribution is 4.88. The quantitative estimate of drug-likeness (QED) is 0.839. The molecule has 0 spiro atoms. The zero-order valence-electron chi connectivity index (χ0n) is 12.6. The van der Waals surface area contributed by atoms with Crippen LogP contribution in [0.3, 0.4) is 0 Å². The van der Waals surface area contributed by atoms with Gasteiger partial charge in [0.1, 0.15) is 0 Å². The molecule has 0 amide bonds. The molecule has 2 nitrogen and oxygen atoms in total. The number of hydrogen-bond donors (Lipinski definition) is 1.